The number of carbonyl (C=O) groups is 1. The third-order valence-electron chi connectivity index (χ3n) is 3.18. The molecule has 0 unspecified atom stereocenters. The Bertz CT molecular complexity index is 679. The Morgan fingerprint density at radius 3 is 2.10 bits per heavy atom. The molecule has 0 fully saturated rings. The van der Waals surface area contributed by atoms with Crippen molar-refractivity contribution in [2.45, 2.75) is 20.0 Å². The fraction of sp³-hybridized carbons (Fsp3) is 0.188. The number of carbonyl (C=O) groups excluding carboxylic acids is 1. The van der Waals surface area contributed by atoms with Crippen LogP contribution in [0.3, 0.4) is 0 Å². The first-order chi connectivity index (χ1) is 9.70. The molecule has 0 saturated carbocycles. The van der Waals surface area contributed by atoms with Crippen molar-refractivity contribution in [3.8, 4) is 0 Å². The second-order valence-electron chi connectivity index (χ2n) is 4.82. The molecule has 0 spiro atoms. The predicted octanol–water partition coefficient (Wildman–Crippen LogP) is 4.69. The minimum absolute atomic E-state index is 0.0670. The summed E-state index contributed by atoms with van der Waals surface area (Å²) in [6.07, 6.45) is -4.51. The van der Waals surface area contributed by atoms with Crippen LogP contribution in [0.5, 0.6) is 0 Å². The summed E-state index contributed by atoms with van der Waals surface area (Å²) in [7, 11) is 0. The number of benzene rings is 2. The van der Waals surface area contributed by atoms with Gasteiger partial charge in [0.2, 0.25) is 0 Å². The van der Waals surface area contributed by atoms with E-state index in [9.17, 15) is 22.4 Å². The van der Waals surface area contributed by atoms with Gasteiger partial charge in [-0.2, -0.15) is 13.2 Å². The van der Waals surface area contributed by atoms with Crippen LogP contribution in [-0.4, -0.2) is 5.78 Å². The molecule has 0 amide bonds. The summed E-state index contributed by atoms with van der Waals surface area (Å²) in [5, 5.41) is 0. The van der Waals surface area contributed by atoms with Crippen molar-refractivity contribution in [3.05, 3.63) is 70.0 Å². The first-order valence-electron chi connectivity index (χ1n) is 6.19. The van der Waals surface area contributed by atoms with Gasteiger partial charge in [0, 0.05) is 11.1 Å². The van der Waals surface area contributed by atoms with Crippen molar-refractivity contribution in [3.63, 3.8) is 0 Å². The molecule has 2 rings (SSSR count). The Labute approximate surface area is 119 Å². The van der Waals surface area contributed by atoms with Gasteiger partial charge in [-0.1, -0.05) is 12.1 Å². The summed E-state index contributed by atoms with van der Waals surface area (Å²) >= 11 is 0. The molecule has 0 N–H and O–H groups in total. The Morgan fingerprint density at radius 1 is 1.00 bits per heavy atom. The lowest BCUT2D eigenvalue weighted by molar-refractivity contribution is -0.137. The van der Waals surface area contributed by atoms with Crippen LogP contribution in [0.15, 0.2) is 36.4 Å². The van der Waals surface area contributed by atoms with Gasteiger partial charge in [-0.15, -0.1) is 0 Å². The highest BCUT2D eigenvalue weighted by molar-refractivity contribution is 6.10. The molecule has 0 aliphatic carbocycles. The SMILES string of the molecule is Cc1cc(F)cc(C)c1C(=O)c1cccc(C(F)(F)F)c1. The van der Waals surface area contributed by atoms with E-state index in [1.807, 2.05) is 0 Å². The zero-order valence-electron chi connectivity index (χ0n) is 11.4. The molecule has 5 heteroatoms. The summed E-state index contributed by atoms with van der Waals surface area (Å²) < 4.78 is 51.3. The standard InChI is InChI=1S/C16H12F4O/c1-9-6-13(17)7-10(2)14(9)15(21)11-4-3-5-12(8-11)16(18,19)20/h3-8H,1-2H3. The lowest BCUT2D eigenvalue weighted by Crippen LogP contribution is -2.10. The van der Waals surface area contributed by atoms with Crippen molar-refractivity contribution in [2.75, 3.05) is 0 Å². The zero-order chi connectivity index (χ0) is 15.8. The quantitative estimate of drug-likeness (QED) is 0.580. The van der Waals surface area contributed by atoms with E-state index in [4.69, 9.17) is 0 Å². The van der Waals surface area contributed by atoms with Crippen molar-refractivity contribution in [1.29, 1.82) is 0 Å². The largest absolute Gasteiger partial charge is 0.416 e. The Hall–Kier alpha value is -2.17. The van der Waals surface area contributed by atoms with Gasteiger partial charge in [0.1, 0.15) is 5.82 Å². The van der Waals surface area contributed by atoms with Crippen LogP contribution in [0.25, 0.3) is 0 Å². The monoisotopic (exact) mass is 296 g/mol. The molecule has 0 heterocycles. The molecule has 0 bridgehead atoms. The number of rotatable bonds is 2. The number of alkyl halides is 3. The maximum atomic E-state index is 13.2. The maximum absolute atomic E-state index is 13.2. The molecule has 1 nitrogen and oxygen atoms in total. The van der Waals surface area contributed by atoms with Gasteiger partial charge in [-0.25, -0.2) is 4.39 Å². The fourth-order valence-electron chi connectivity index (χ4n) is 2.25. The van der Waals surface area contributed by atoms with Gasteiger partial charge >= 0.3 is 6.18 Å². The molecule has 0 aromatic heterocycles. The first-order valence-corrected chi connectivity index (χ1v) is 6.19. The third-order valence-corrected chi connectivity index (χ3v) is 3.18. The van der Waals surface area contributed by atoms with E-state index < -0.39 is 23.3 Å². The van der Waals surface area contributed by atoms with Crippen molar-refractivity contribution in [2.24, 2.45) is 0 Å². The van der Waals surface area contributed by atoms with Crippen LogP contribution >= 0.6 is 0 Å². The highest BCUT2D eigenvalue weighted by Crippen LogP contribution is 2.30. The van der Waals surface area contributed by atoms with Crippen LogP contribution in [0.1, 0.15) is 32.6 Å². The molecule has 0 aliphatic heterocycles. The number of aryl methyl sites for hydroxylation is 2. The second kappa shape index (κ2) is 5.31. The Balaban J connectivity index is 2.51. The van der Waals surface area contributed by atoms with E-state index in [0.717, 1.165) is 12.1 Å². The molecule has 2 aromatic carbocycles. The van der Waals surface area contributed by atoms with Gasteiger partial charge in [0.15, 0.2) is 5.78 Å². The van der Waals surface area contributed by atoms with Crippen LogP contribution < -0.4 is 0 Å². The van der Waals surface area contributed by atoms with Crippen molar-refractivity contribution in [1.82, 2.24) is 0 Å². The average molecular weight is 296 g/mol. The fourth-order valence-corrected chi connectivity index (χ4v) is 2.25. The van der Waals surface area contributed by atoms with Crippen LogP contribution in [0.2, 0.25) is 0 Å². The van der Waals surface area contributed by atoms with E-state index in [1.54, 1.807) is 13.8 Å². The number of hydrogen-bond donors (Lipinski definition) is 0. The summed E-state index contributed by atoms with van der Waals surface area (Å²) in [5.41, 5.74) is 0.0777. The van der Waals surface area contributed by atoms with Crippen LogP contribution in [0, 0.1) is 19.7 Å². The Morgan fingerprint density at radius 2 is 1.57 bits per heavy atom. The molecule has 110 valence electrons. The lowest BCUT2D eigenvalue weighted by Gasteiger charge is -2.11. The van der Waals surface area contributed by atoms with Gasteiger partial charge in [-0.05, 0) is 49.2 Å². The lowest BCUT2D eigenvalue weighted by atomic mass is 9.94. The predicted molar refractivity (Wildman–Crippen MR) is 70.8 cm³/mol. The smallest absolute Gasteiger partial charge is 0.289 e. The van der Waals surface area contributed by atoms with Gasteiger partial charge in [-0.3, -0.25) is 4.79 Å². The van der Waals surface area contributed by atoms with E-state index in [1.165, 1.54) is 24.3 Å². The normalized spacial score (nSPS) is 11.5. The molecule has 0 saturated heterocycles. The number of ketones is 1. The van der Waals surface area contributed by atoms with Crippen molar-refractivity contribution >= 4 is 5.78 Å². The molecular formula is C16H12F4O. The number of hydrogen-bond acceptors (Lipinski definition) is 1. The van der Waals surface area contributed by atoms with E-state index in [-0.39, 0.29) is 11.1 Å². The first kappa shape index (κ1) is 15.2. The van der Waals surface area contributed by atoms with E-state index in [0.29, 0.717) is 11.1 Å². The summed E-state index contributed by atoms with van der Waals surface area (Å²) in [5.74, 6) is -1.03. The van der Waals surface area contributed by atoms with E-state index in [2.05, 4.69) is 0 Å². The Kier molecular flexibility index (Phi) is 3.85. The average Bonchev–Trinajstić information content (AvgIpc) is 2.36. The molecule has 2 aromatic rings. The second-order valence-corrected chi connectivity index (χ2v) is 4.82. The summed E-state index contributed by atoms with van der Waals surface area (Å²) in [6, 6.07) is 6.59. The van der Waals surface area contributed by atoms with E-state index >= 15 is 0 Å². The summed E-state index contributed by atoms with van der Waals surface area (Å²) in [4.78, 5) is 12.4. The number of halogens is 4. The molecule has 0 atom stereocenters. The molecule has 0 aliphatic rings. The minimum Gasteiger partial charge on any atom is -0.289 e. The van der Waals surface area contributed by atoms with Crippen LogP contribution in [-0.2, 0) is 6.18 Å². The van der Waals surface area contributed by atoms with Gasteiger partial charge in [0.25, 0.3) is 0 Å². The molecule has 0 radical (unpaired) electrons. The maximum Gasteiger partial charge on any atom is 0.416 e. The van der Waals surface area contributed by atoms with Crippen LogP contribution in [0.4, 0.5) is 17.6 Å². The van der Waals surface area contributed by atoms with Gasteiger partial charge in [0.05, 0.1) is 5.56 Å². The topological polar surface area (TPSA) is 17.1 Å². The minimum atomic E-state index is -4.51. The third kappa shape index (κ3) is 3.12. The van der Waals surface area contributed by atoms with Gasteiger partial charge < -0.3 is 0 Å². The highest BCUT2D eigenvalue weighted by atomic mass is 19.4. The highest BCUT2D eigenvalue weighted by Gasteiger charge is 2.31. The zero-order valence-corrected chi connectivity index (χ0v) is 11.4. The summed E-state index contributed by atoms with van der Waals surface area (Å²) in [6.45, 7) is 3.11. The molecule has 21 heavy (non-hydrogen) atoms. The molecular weight excluding hydrogens is 284 g/mol. The van der Waals surface area contributed by atoms with Crippen molar-refractivity contribution < 1.29 is 22.4 Å².